The SMILES string of the molecule is CCc1c(N)ncnc1NCc1ccccc1C(F)(F)F. The van der Waals surface area contributed by atoms with Crippen LogP contribution in [0, 0.1) is 0 Å². The van der Waals surface area contributed by atoms with Crippen molar-refractivity contribution in [2.24, 2.45) is 0 Å². The zero-order chi connectivity index (χ0) is 15.5. The van der Waals surface area contributed by atoms with Crippen LogP contribution < -0.4 is 11.1 Å². The molecule has 21 heavy (non-hydrogen) atoms. The molecule has 2 aromatic rings. The van der Waals surface area contributed by atoms with Crippen LogP contribution in [0.2, 0.25) is 0 Å². The second kappa shape index (κ2) is 5.99. The van der Waals surface area contributed by atoms with Crippen molar-refractivity contribution >= 4 is 11.6 Å². The Balaban J connectivity index is 2.24. The van der Waals surface area contributed by atoms with Gasteiger partial charge in [-0.15, -0.1) is 0 Å². The molecule has 0 amide bonds. The first kappa shape index (κ1) is 15.1. The number of rotatable bonds is 4. The quantitative estimate of drug-likeness (QED) is 0.909. The molecule has 1 aromatic carbocycles. The fraction of sp³-hybridized carbons (Fsp3) is 0.286. The zero-order valence-corrected chi connectivity index (χ0v) is 11.4. The maximum absolute atomic E-state index is 12.9. The molecule has 1 aromatic heterocycles. The van der Waals surface area contributed by atoms with Crippen molar-refractivity contribution < 1.29 is 13.2 Å². The van der Waals surface area contributed by atoms with Gasteiger partial charge in [0.15, 0.2) is 0 Å². The predicted molar refractivity (Wildman–Crippen MR) is 74.6 cm³/mol. The number of nitrogens with zero attached hydrogens (tertiary/aromatic N) is 2. The third-order valence-electron chi connectivity index (χ3n) is 3.10. The molecule has 0 aliphatic carbocycles. The number of hydrogen-bond acceptors (Lipinski definition) is 4. The lowest BCUT2D eigenvalue weighted by molar-refractivity contribution is -0.138. The first-order chi connectivity index (χ1) is 9.93. The maximum Gasteiger partial charge on any atom is 0.416 e. The molecule has 0 unspecified atom stereocenters. The fourth-order valence-corrected chi connectivity index (χ4v) is 2.06. The molecule has 1 heterocycles. The highest BCUT2D eigenvalue weighted by atomic mass is 19.4. The molecule has 0 fully saturated rings. The van der Waals surface area contributed by atoms with E-state index < -0.39 is 11.7 Å². The number of anilines is 2. The molecule has 0 saturated heterocycles. The predicted octanol–water partition coefficient (Wildman–Crippen LogP) is 3.25. The minimum Gasteiger partial charge on any atom is -0.383 e. The van der Waals surface area contributed by atoms with E-state index in [4.69, 9.17) is 5.73 Å². The van der Waals surface area contributed by atoms with E-state index in [-0.39, 0.29) is 12.1 Å². The highest BCUT2D eigenvalue weighted by Gasteiger charge is 2.32. The van der Waals surface area contributed by atoms with E-state index in [0.717, 1.165) is 6.07 Å². The van der Waals surface area contributed by atoms with Gasteiger partial charge in [0.2, 0.25) is 0 Å². The molecule has 112 valence electrons. The number of nitrogens with two attached hydrogens (primary N) is 1. The van der Waals surface area contributed by atoms with Gasteiger partial charge in [0.1, 0.15) is 18.0 Å². The van der Waals surface area contributed by atoms with Crippen LogP contribution >= 0.6 is 0 Å². The lowest BCUT2D eigenvalue weighted by Crippen LogP contribution is -2.13. The van der Waals surface area contributed by atoms with Crippen LogP contribution in [-0.4, -0.2) is 9.97 Å². The Hall–Kier alpha value is -2.31. The van der Waals surface area contributed by atoms with E-state index in [9.17, 15) is 13.2 Å². The topological polar surface area (TPSA) is 63.8 Å². The molecular formula is C14H15F3N4. The van der Waals surface area contributed by atoms with Gasteiger partial charge < -0.3 is 11.1 Å². The molecule has 0 saturated carbocycles. The smallest absolute Gasteiger partial charge is 0.383 e. The number of alkyl halides is 3. The lowest BCUT2D eigenvalue weighted by Gasteiger charge is -2.15. The van der Waals surface area contributed by atoms with E-state index in [1.807, 2.05) is 6.92 Å². The first-order valence-corrected chi connectivity index (χ1v) is 6.41. The lowest BCUT2D eigenvalue weighted by atomic mass is 10.1. The van der Waals surface area contributed by atoms with E-state index in [1.54, 1.807) is 6.07 Å². The molecule has 0 radical (unpaired) electrons. The van der Waals surface area contributed by atoms with Crippen molar-refractivity contribution in [1.82, 2.24) is 9.97 Å². The Morgan fingerprint density at radius 1 is 1.19 bits per heavy atom. The highest BCUT2D eigenvalue weighted by Crippen LogP contribution is 2.32. The zero-order valence-electron chi connectivity index (χ0n) is 11.4. The molecule has 0 spiro atoms. The Kier molecular flexibility index (Phi) is 4.30. The van der Waals surface area contributed by atoms with Crippen LogP contribution in [0.4, 0.5) is 24.8 Å². The first-order valence-electron chi connectivity index (χ1n) is 6.41. The monoisotopic (exact) mass is 296 g/mol. The van der Waals surface area contributed by atoms with Crippen molar-refractivity contribution in [3.05, 3.63) is 47.3 Å². The van der Waals surface area contributed by atoms with Crippen molar-refractivity contribution in [2.45, 2.75) is 26.1 Å². The molecule has 4 nitrogen and oxygen atoms in total. The summed E-state index contributed by atoms with van der Waals surface area (Å²) in [4.78, 5) is 7.90. The Morgan fingerprint density at radius 2 is 1.90 bits per heavy atom. The van der Waals surface area contributed by atoms with Crippen LogP contribution in [-0.2, 0) is 19.1 Å². The highest BCUT2D eigenvalue weighted by molar-refractivity contribution is 5.55. The van der Waals surface area contributed by atoms with Crippen molar-refractivity contribution in [3.8, 4) is 0 Å². The third kappa shape index (κ3) is 3.42. The van der Waals surface area contributed by atoms with Crippen LogP contribution in [0.15, 0.2) is 30.6 Å². The Labute approximate surface area is 120 Å². The van der Waals surface area contributed by atoms with Crippen molar-refractivity contribution in [2.75, 3.05) is 11.1 Å². The standard InChI is InChI=1S/C14H15F3N4/c1-2-10-12(18)20-8-21-13(10)19-7-9-5-3-4-6-11(9)14(15,16)17/h3-6,8H,2,7H2,1H3,(H3,18,19,20,21). The summed E-state index contributed by atoms with van der Waals surface area (Å²) in [5, 5.41) is 2.90. The summed E-state index contributed by atoms with van der Waals surface area (Å²) in [6, 6.07) is 5.44. The third-order valence-corrected chi connectivity index (χ3v) is 3.10. The summed E-state index contributed by atoms with van der Waals surface area (Å²) in [7, 11) is 0. The van der Waals surface area contributed by atoms with Gasteiger partial charge >= 0.3 is 6.18 Å². The Bertz CT molecular complexity index is 626. The maximum atomic E-state index is 12.9. The van der Waals surface area contributed by atoms with Gasteiger partial charge in [-0.2, -0.15) is 13.2 Å². The largest absolute Gasteiger partial charge is 0.416 e. The molecular weight excluding hydrogens is 281 g/mol. The molecule has 0 aliphatic rings. The molecule has 2 rings (SSSR count). The average molecular weight is 296 g/mol. The summed E-state index contributed by atoms with van der Waals surface area (Å²) in [6.45, 7) is 1.89. The van der Waals surface area contributed by atoms with Crippen LogP contribution in [0.5, 0.6) is 0 Å². The van der Waals surface area contributed by atoms with Gasteiger partial charge in [-0.25, -0.2) is 9.97 Å². The molecule has 0 bridgehead atoms. The van der Waals surface area contributed by atoms with E-state index in [1.165, 1.54) is 18.5 Å². The molecule has 3 N–H and O–H groups in total. The van der Waals surface area contributed by atoms with Crippen LogP contribution in [0.25, 0.3) is 0 Å². The van der Waals surface area contributed by atoms with Gasteiger partial charge in [0, 0.05) is 12.1 Å². The van der Waals surface area contributed by atoms with Gasteiger partial charge in [0.25, 0.3) is 0 Å². The van der Waals surface area contributed by atoms with E-state index >= 15 is 0 Å². The number of nitrogen functional groups attached to an aromatic ring is 1. The minimum absolute atomic E-state index is 0.0130. The number of halogens is 3. The Morgan fingerprint density at radius 3 is 2.57 bits per heavy atom. The summed E-state index contributed by atoms with van der Waals surface area (Å²) >= 11 is 0. The van der Waals surface area contributed by atoms with Gasteiger partial charge in [0.05, 0.1) is 5.56 Å². The average Bonchev–Trinajstić information content (AvgIpc) is 2.44. The number of hydrogen-bond donors (Lipinski definition) is 2. The normalized spacial score (nSPS) is 11.4. The van der Waals surface area contributed by atoms with E-state index in [0.29, 0.717) is 23.6 Å². The number of aromatic nitrogens is 2. The fourth-order valence-electron chi connectivity index (χ4n) is 2.06. The van der Waals surface area contributed by atoms with Crippen LogP contribution in [0.1, 0.15) is 23.6 Å². The summed E-state index contributed by atoms with van der Waals surface area (Å²) in [5.41, 5.74) is 5.93. The van der Waals surface area contributed by atoms with Crippen molar-refractivity contribution in [1.29, 1.82) is 0 Å². The van der Waals surface area contributed by atoms with Gasteiger partial charge in [-0.1, -0.05) is 25.1 Å². The summed E-state index contributed by atoms with van der Waals surface area (Å²) in [5.74, 6) is 0.793. The molecule has 0 aliphatic heterocycles. The van der Waals surface area contributed by atoms with Crippen LogP contribution in [0.3, 0.4) is 0 Å². The van der Waals surface area contributed by atoms with Gasteiger partial charge in [-0.3, -0.25) is 0 Å². The second-order valence-corrected chi connectivity index (χ2v) is 4.45. The molecule has 7 heteroatoms. The van der Waals surface area contributed by atoms with E-state index in [2.05, 4.69) is 15.3 Å². The molecule has 0 atom stereocenters. The van der Waals surface area contributed by atoms with Crippen molar-refractivity contribution in [3.63, 3.8) is 0 Å². The summed E-state index contributed by atoms with van der Waals surface area (Å²) in [6.07, 6.45) is -2.50. The number of nitrogens with one attached hydrogen (secondary N) is 1. The second-order valence-electron chi connectivity index (χ2n) is 4.45. The summed E-state index contributed by atoms with van der Waals surface area (Å²) < 4.78 is 38.7. The minimum atomic E-state index is -4.38. The number of benzene rings is 1. The van der Waals surface area contributed by atoms with Gasteiger partial charge in [-0.05, 0) is 18.1 Å².